The first-order valence-corrected chi connectivity index (χ1v) is 13.6. The third-order valence-electron chi connectivity index (χ3n) is 6.52. The molecule has 0 aliphatic carbocycles. The number of rotatable bonds is 7. The van der Waals surface area contributed by atoms with Crippen LogP contribution in [0.5, 0.6) is 0 Å². The van der Waals surface area contributed by atoms with E-state index in [9.17, 15) is 19.2 Å². The molecule has 190 valence electrons. The fourth-order valence-electron chi connectivity index (χ4n) is 4.34. The van der Waals surface area contributed by atoms with Crippen LogP contribution < -0.4 is 4.90 Å². The van der Waals surface area contributed by atoms with E-state index in [2.05, 4.69) is 31.9 Å². The van der Waals surface area contributed by atoms with Crippen LogP contribution in [0.15, 0.2) is 58.0 Å². The van der Waals surface area contributed by atoms with Crippen LogP contribution >= 0.6 is 27.7 Å². The molecule has 6 nitrogen and oxygen atoms in total. The minimum atomic E-state index is -0.269. The third kappa shape index (κ3) is 6.38. The summed E-state index contributed by atoms with van der Waals surface area (Å²) in [6, 6.07) is 15.8. The molecule has 37 heavy (non-hydrogen) atoms. The van der Waals surface area contributed by atoms with Gasteiger partial charge in [-0.05, 0) is 61.4 Å². The third-order valence-corrected chi connectivity index (χ3v) is 8.01. The topological polar surface area (TPSA) is 77.3 Å². The number of amides is 1. The SMILES string of the molecule is Cc1nc(SCC(=O)N2CCN(c3ccc(F)cc3)CC2)c(C#N)c(C)c1CC(=O)c1ccc(Br)cc1. The Kier molecular flexibility index (Phi) is 8.62. The summed E-state index contributed by atoms with van der Waals surface area (Å²) in [7, 11) is 0. The summed E-state index contributed by atoms with van der Waals surface area (Å²) in [4.78, 5) is 34.3. The fourth-order valence-corrected chi connectivity index (χ4v) is 5.59. The molecule has 0 N–H and O–H groups in total. The van der Waals surface area contributed by atoms with Gasteiger partial charge in [0.1, 0.15) is 16.9 Å². The van der Waals surface area contributed by atoms with E-state index in [0.29, 0.717) is 48.0 Å². The summed E-state index contributed by atoms with van der Waals surface area (Å²) >= 11 is 4.63. The van der Waals surface area contributed by atoms with Gasteiger partial charge >= 0.3 is 0 Å². The molecule has 0 bridgehead atoms. The van der Waals surface area contributed by atoms with Crippen LogP contribution in [0.1, 0.15) is 32.7 Å². The summed E-state index contributed by atoms with van der Waals surface area (Å²) in [6.07, 6.45) is 0.156. The number of benzene rings is 2. The van der Waals surface area contributed by atoms with Crippen LogP contribution in [0.2, 0.25) is 0 Å². The molecule has 1 saturated heterocycles. The molecule has 1 aliphatic rings. The van der Waals surface area contributed by atoms with Crippen molar-refractivity contribution in [3.8, 4) is 6.07 Å². The van der Waals surface area contributed by atoms with Crippen LogP contribution in [-0.2, 0) is 11.2 Å². The Bertz CT molecular complexity index is 1350. The van der Waals surface area contributed by atoms with E-state index in [4.69, 9.17) is 0 Å². The lowest BCUT2D eigenvalue weighted by Gasteiger charge is -2.36. The number of nitriles is 1. The summed E-state index contributed by atoms with van der Waals surface area (Å²) in [6.45, 7) is 6.15. The highest BCUT2D eigenvalue weighted by molar-refractivity contribution is 9.10. The van der Waals surface area contributed by atoms with Gasteiger partial charge in [0.05, 0.1) is 11.3 Å². The monoisotopic (exact) mass is 580 g/mol. The minimum absolute atomic E-state index is 0.0146. The highest BCUT2D eigenvalue weighted by atomic mass is 79.9. The molecule has 0 spiro atoms. The van der Waals surface area contributed by atoms with Crippen molar-refractivity contribution in [1.82, 2.24) is 9.88 Å². The predicted molar refractivity (Wildman–Crippen MR) is 147 cm³/mol. The normalized spacial score (nSPS) is 13.4. The molecule has 4 rings (SSSR count). The van der Waals surface area contributed by atoms with Crippen molar-refractivity contribution in [3.63, 3.8) is 0 Å². The lowest BCUT2D eigenvalue weighted by atomic mass is 9.96. The Labute approximate surface area is 228 Å². The molecule has 0 atom stereocenters. The Balaban J connectivity index is 1.39. The number of nitrogens with zero attached hydrogens (tertiary/aromatic N) is 4. The number of piperazine rings is 1. The number of hydrogen-bond acceptors (Lipinski definition) is 6. The van der Waals surface area contributed by atoms with Gasteiger partial charge in [0, 0.05) is 54.0 Å². The zero-order valence-corrected chi connectivity index (χ0v) is 23.0. The predicted octanol–water partition coefficient (Wildman–Crippen LogP) is 5.34. The van der Waals surface area contributed by atoms with Gasteiger partial charge in [-0.3, -0.25) is 9.59 Å². The summed E-state index contributed by atoms with van der Waals surface area (Å²) in [5, 5.41) is 10.4. The highest BCUT2D eigenvalue weighted by Crippen LogP contribution is 2.28. The number of carbonyl (C=O) groups is 2. The van der Waals surface area contributed by atoms with Gasteiger partial charge in [0.25, 0.3) is 0 Å². The number of ketones is 1. The number of hydrogen-bond donors (Lipinski definition) is 0. The van der Waals surface area contributed by atoms with E-state index in [0.717, 1.165) is 21.3 Å². The van der Waals surface area contributed by atoms with Crippen molar-refractivity contribution in [1.29, 1.82) is 5.26 Å². The maximum absolute atomic E-state index is 13.2. The first-order chi connectivity index (χ1) is 17.8. The number of Topliss-reactive ketones (excluding diaryl/α,β-unsaturated/α-hetero) is 1. The van der Waals surface area contributed by atoms with Crippen molar-refractivity contribution >= 4 is 45.1 Å². The second-order valence-electron chi connectivity index (χ2n) is 8.83. The van der Waals surface area contributed by atoms with Crippen LogP contribution in [0, 0.1) is 31.0 Å². The second kappa shape index (κ2) is 11.9. The number of halogens is 2. The average Bonchev–Trinajstić information content (AvgIpc) is 2.90. The van der Waals surface area contributed by atoms with Crippen molar-refractivity contribution in [3.05, 3.63) is 86.8 Å². The molecule has 1 amide bonds. The number of thioether (sulfide) groups is 1. The minimum Gasteiger partial charge on any atom is -0.368 e. The standard InChI is InChI=1S/C28H26BrFN4O2S/c1-18-24(15-26(35)20-3-5-21(29)6-4-20)19(2)32-28(25(18)16-31)37-17-27(36)34-13-11-33(12-14-34)23-9-7-22(30)8-10-23/h3-10H,11-15,17H2,1-2H3. The van der Waals surface area contributed by atoms with Gasteiger partial charge in [-0.1, -0.05) is 39.8 Å². The smallest absolute Gasteiger partial charge is 0.233 e. The maximum Gasteiger partial charge on any atom is 0.233 e. The van der Waals surface area contributed by atoms with Gasteiger partial charge in [-0.15, -0.1) is 0 Å². The molecule has 1 aliphatic heterocycles. The zero-order valence-electron chi connectivity index (χ0n) is 20.6. The van der Waals surface area contributed by atoms with Crippen LogP contribution in [0.4, 0.5) is 10.1 Å². The summed E-state index contributed by atoms with van der Waals surface area (Å²) in [5.41, 5.74) is 4.10. The molecular weight excluding hydrogens is 555 g/mol. The van der Waals surface area contributed by atoms with E-state index in [-0.39, 0.29) is 29.7 Å². The van der Waals surface area contributed by atoms with E-state index < -0.39 is 0 Å². The number of pyridine rings is 1. The number of aromatic nitrogens is 1. The van der Waals surface area contributed by atoms with E-state index in [1.54, 1.807) is 24.3 Å². The molecule has 0 unspecified atom stereocenters. The van der Waals surface area contributed by atoms with Crippen molar-refractivity contribution < 1.29 is 14.0 Å². The molecule has 3 aromatic rings. The molecule has 2 heterocycles. The largest absolute Gasteiger partial charge is 0.368 e. The number of aryl methyl sites for hydroxylation is 1. The van der Waals surface area contributed by atoms with Crippen LogP contribution in [-0.4, -0.2) is 53.5 Å². The van der Waals surface area contributed by atoms with Gasteiger partial charge in [0.2, 0.25) is 5.91 Å². The molecule has 0 saturated carbocycles. The number of carbonyl (C=O) groups excluding carboxylic acids is 2. The zero-order chi connectivity index (χ0) is 26.5. The number of anilines is 1. The molecular formula is C28H26BrFN4O2S. The fraction of sp³-hybridized carbons (Fsp3) is 0.286. The van der Waals surface area contributed by atoms with E-state index in [1.165, 1.54) is 23.9 Å². The molecule has 0 radical (unpaired) electrons. The highest BCUT2D eigenvalue weighted by Gasteiger charge is 2.23. The molecule has 1 fully saturated rings. The first kappa shape index (κ1) is 26.8. The molecule has 2 aromatic carbocycles. The van der Waals surface area contributed by atoms with Gasteiger partial charge in [-0.25, -0.2) is 9.37 Å². The van der Waals surface area contributed by atoms with Crippen LogP contribution in [0.3, 0.4) is 0 Å². The summed E-state index contributed by atoms with van der Waals surface area (Å²) < 4.78 is 14.1. The first-order valence-electron chi connectivity index (χ1n) is 11.9. The Morgan fingerprint density at radius 2 is 1.70 bits per heavy atom. The lowest BCUT2D eigenvalue weighted by Crippen LogP contribution is -2.49. The average molecular weight is 582 g/mol. The van der Waals surface area contributed by atoms with E-state index in [1.807, 2.05) is 30.9 Å². The van der Waals surface area contributed by atoms with Gasteiger partial charge < -0.3 is 9.80 Å². The van der Waals surface area contributed by atoms with Crippen molar-refractivity contribution in [2.24, 2.45) is 0 Å². The van der Waals surface area contributed by atoms with Crippen LogP contribution in [0.25, 0.3) is 0 Å². The second-order valence-corrected chi connectivity index (χ2v) is 10.7. The maximum atomic E-state index is 13.2. The Hall–Kier alpha value is -3.22. The van der Waals surface area contributed by atoms with Crippen molar-refractivity contribution in [2.45, 2.75) is 25.3 Å². The molecule has 1 aromatic heterocycles. The van der Waals surface area contributed by atoms with Gasteiger partial charge in [-0.2, -0.15) is 5.26 Å². The Morgan fingerprint density at radius 3 is 2.32 bits per heavy atom. The Morgan fingerprint density at radius 1 is 1.05 bits per heavy atom. The quantitative estimate of drug-likeness (QED) is 0.277. The van der Waals surface area contributed by atoms with E-state index >= 15 is 0 Å². The molecule has 9 heteroatoms. The summed E-state index contributed by atoms with van der Waals surface area (Å²) in [5.74, 6) is -0.150. The van der Waals surface area contributed by atoms with Gasteiger partial charge in [0.15, 0.2) is 5.78 Å². The lowest BCUT2D eigenvalue weighted by molar-refractivity contribution is -0.128. The van der Waals surface area contributed by atoms with Crippen molar-refractivity contribution in [2.75, 3.05) is 36.8 Å².